The average Bonchev–Trinajstić information content (AvgIpc) is 2.84. The molecule has 0 fully saturated rings. The number of nitrogens with zero attached hydrogens (tertiary/aromatic N) is 2. The standard InChI is InChI=1S/C26H29N5O/c1-28-20(15-18-7-12-26(27)30-17-18)13-14-29-25-16-24(19-8-10-21(32-2)11-9-19)31-23-6-4-3-5-22(23)25/h3-12,16-17,20,28H,13-15H2,1-2H3,(H2,27,30)(H,29,31). The van der Waals surface area contributed by atoms with Crippen molar-refractivity contribution in [2.75, 3.05) is 31.8 Å². The molecule has 6 heteroatoms. The van der Waals surface area contributed by atoms with Crippen molar-refractivity contribution in [3.05, 3.63) is 78.5 Å². The maximum Gasteiger partial charge on any atom is 0.123 e. The van der Waals surface area contributed by atoms with Gasteiger partial charge in [-0.2, -0.15) is 0 Å². The number of ether oxygens (including phenoxy) is 1. The van der Waals surface area contributed by atoms with E-state index in [0.29, 0.717) is 11.9 Å². The number of benzene rings is 2. The first-order valence-electron chi connectivity index (χ1n) is 10.8. The highest BCUT2D eigenvalue weighted by molar-refractivity contribution is 5.93. The van der Waals surface area contributed by atoms with E-state index in [-0.39, 0.29) is 0 Å². The van der Waals surface area contributed by atoms with Crippen molar-refractivity contribution in [3.8, 4) is 17.0 Å². The van der Waals surface area contributed by atoms with Crippen LogP contribution in [0.25, 0.3) is 22.2 Å². The highest BCUT2D eigenvalue weighted by Crippen LogP contribution is 2.29. The third-order valence-corrected chi connectivity index (χ3v) is 5.65. The van der Waals surface area contributed by atoms with Crippen LogP contribution in [0, 0.1) is 0 Å². The van der Waals surface area contributed by atoms with E-state index in [1.165, 1.54) is 5.56 Å². The number of pyridine rings is 2. The first kappa shape index (κ1) is 21.6. The molecule has 2 heterocycles. The highest BCUT2D eigenvalue weighted by Gasteiger charge is 2.10. The largest absolute Gasteiger partial charge is 0.497 e. The fourth-order valence-corrected chi connectivity index (χ4v) is 3.80. The van der Waals surface area contributed by atoms with Crippen molar-refractivity contribution in [1.82, 2.24) is 15.3 Å². The number of aromatic nitrogens is 2. The smallest absolute Gasteiger partial charge is 0.123 e. The molecule has 0 radical (unpaired) electrons. The molecule has 0 spiro atoms. The Morgan fingerprint density at radius 2 is 1.84 bits per heavy atom. The van der Waals surface area contributed by atoms with Gasteiger partial charge < -0.3 is 21.1 Å². The zero-order valence-electron chi connectivity index (χ0n) is 18.5. The van der Waals surface area contributed by atoms with Crippen LogP contribution in [0.2, 0.25) is 0 Å². The molecule has 0 saturated heterocycles. The molecule has 32 heavy (non-hydrogen) atoms. The van der Waals surface area contributed by atoms with Crippen molar-refractivity contribution < 1.29 is 4.74 Å². The van der Waals surface area contributed by atoms with Gasteiger partial charge >= 0.3 is 0 Å². The minimum Gasteiger partial charge on any atom is -0.497 e. The summed E-state index contributed by atoms with van der Waals surface area (Å²) in [5.41, 5.74) is 10.9. The summed E-state index contributed by atoms with van der Waals surface area (Å²) in [5.74, 6) is 1.39. The second kappa shape index (κ2) is 10.1. The van der Waals surface area contributed by atoms with Crippen LogP contribution in [0.3, 0.4) is 0 Å². The Labute approximate surface area is 188 Å². The van der Waals surface area contributed by atoms with Crippen LogP contribution in [0.1, 0.15) is 12.0 Å². The molecule has 2 aromatic heterocycles. The number of para-hydroxylation sites is 1. The topological polar surface area (TPSA) is 85.1 Å². The second-order valence-electron chi connectivity index (χ2n) is 7.80. The molecule has 1 atom stereocenters. The molecule has 4 aromatic rings. The van der Waals surface area contributed by atoms with Crippen molar-refractivity contribution in [3.63, 3.8) is 0 Å². The lowest BCUT2D eigenvalue weighted by Crippen LogP contribution is -2.30. The molecular weight excluding hydrogens is 398 g/mol. The molecule has 0 bridgehead atoms. The van der Waals surface area contributed by atoms with Crippen molar-refractivity contribution in [1.29, 1.82) is 0 Å². The van der Waals surface area contributed by atoms with Gasteiger partial charge in [-0.1, -0.05) is 24.3 Å². The minimum atomic E-state index is 0.335. The van der Waals surface area contributed by atoms with E-state index < -0.39 is 0 Å². The van der Waals surface area contributed by atoms with Crippen molar-refractivity contribution >= 4 is 22.4 Å². The summed E-state index contributed by atoms with van der Waals surface area (Å²) in [6, 6.07) is 22.6. The maximum atomic E-state index is 5.70. The number of methoxy groups -OCH3 is 1. The number of hydrogen-bond acceptors (Lipinski definition) is 6. The summed E-state index contributed by atoms with van der Waals surface area (Å²) in [7, 11) is 3.67. The van der Waals surface area contributed by atoms with Crippen LogP contribution >= 0.6 is 0 Å². The fourth-order valence-electron chi connectivity index (χ4n) is 3.80. The SMILES string of the molecule is CNC(CCNc1cc(-c2ccc(OC)cc2)nc2ccccc12)Cc1ccc(N)nc1. The van der Waals surface area contributed by atoms with Crippen LogP contribution in [0.4, 0.5) is 11.5 Å². The van der Waals surface area contributed by atoms with Gasteiger partial charge in [0.15, 0.2) is 0 Å². The molecule has 1 unspecified atom stereocenters. The van der Waals surface area contributed by atoms with E-state index >= 15 is 0 Å². The van der Waals surface area contributed by atoms with Gasteiger partial charge in [0, 0.05) is 35.4 Å². The first-order valence-corrected chi connectivity index (χ1v) is 10.8. The normalized spacial score (nSPS) is 11.9. The van der Waals surface area contributed by atoms with E-state index in [2.05, 4.69) is 33.8 Å². The van der Waals surface area contributed by atoms with Crippen LogP contribution in [-0.2, 0) is 6.42 Å². The number of fused-ring (bicyclic) bond motifs is 1. The monoisotopic (exact) mass is 427 g/mol. The zero-order chi connectivity index (χ0) is 22.3. The molecule has 4 N–H and O–H groups in total. The minimum absolute atomic E-state index is 0.335. The van der Waals surface area contributed by atoms with Crippen LogP contribution in [0.5, 0.6) is 5.75 Å². The maximum absolute atomic E-state index is 5.70. The Kier molecular flexibility index (Phi) is 6.82. The van der Waals surface area contributed by atoms with Crippen molar-refractivity contribution in [2.24, 2.45) is 0 Å². The molecule has 164 valence electrons. The third kappa shape index (κ3) is 5.15. The number of nitrogen functional groups attached to an aromatic ring is 1. The molecule has 2 aromatic carbocycles. The molecule has 4 rings (SSSR count). The predicted molar refractivity (Wildman–Crippen MR) is 132 cm³/mol. The Morgan fingerprint density at radius 3 is 2.56 bits per heavy atom. The van der Waals surface area contributed by atoms with Crippen LogP contribution in [0.15, 0.2) is 72.9 Å². The Balaban J connectivity index is 1.50. The molecular formula is C26H29N5O. The van der Waals surface area contributed by atoms with E-state index in [4.69, 9.17) is 15.5 Å². The van der Waals surface area contributed by atoms with Gasteiger partial charge in [-0.15, -0.1) is 0 Å². The van der Waals surface area contributed by atoms with E-state index in [1.807, 2.05) is 61.8 Å². The van der Waals surface area contributed by atoms with E-state index in [0.717, 1.165) is 53.0 Å². The Morgan fingerprint density at radius 1 is 1.03 bits per heavy atom. The lowest BCUT2D eigenvalue weighted by molar-refractivity contribution is 0.415. The molecule has 0 amide bonds. The average molecular weight is 428 g/mol. The fraction of sp³-hybridized carbons (Fsp3) is 0.231. The first-order chi connectivity index (χ1) is 15.7. The third-order valence-electron chi connectivity index (χ3n) is 5.65. The van der Waals surface area contributed by atoms with Gasteiger partial charge in [-0.05, 0) is 67.9 Å². The number of rotatable bonds is 9. The summed E-state index contributed by atoms with van der Waals surface area (Å²) in [6.07, 6.45) is 3.72. The number of likely N-dealkylation sites (N-methyl/N-ethyl adjacent to an activating group) is 1. The van der Waals surface area contributed by atoms with Gasteiger partial charge in [-0.25, -0.2) is 9.97 Å². The Hall–Kier alpha value is -3.64. The van der Waals surface area contributed by atoms with Gasteiger partial charge in [0.2, 0.25) is 0 Å². The number of nitrogens with two attached hydrogens (primary N) is 1. The summed E-state index contributed by atoms with van der Waals surface area (Å²) in [6.45, 7) is 0.837. The Bertz CT molecular complexity index is 1160. The quantitative estimate of drug-likeness (QED) is 0.364. The van der Waals surface area contributed by atoms with Crippen LogP contribution in [-0.4, -0.2) is 36.7 Å². The lowest BCUT2D eigenvalue weighted by Gasteiger charge is -2.18. The predicted octanol–water partition coefficient (Wildman–Crippen LogP) is 4.52. The molecule has 0 aliphatic rings. The summed E-state index contributed by atoms with van der Waals surface area (Å²) in [4.78, 5) is 9.07. The lowest BCUT2D eigenvalue weighted by atomic mass is 10.0. The van der Waals surface area contributed by atoms with Gasteiger partial charge in [0.05, 0.1) is 18.3 Å². The zero-order valence-corrected chi connectivity index (χ0v) is 18.5. The van der Waals surface area contributed by atoms with Gasteiger partial charge in [0.1, 0.15) is 11.6 Å². The highest BCUT2D eigenvalue weighted by atomic mass is 16.5. The number of hydrogen-bond donors (Lipinski definition) is 3. The summed E-state index contributed by atoms with van der Waals surface area (Å²) < 4.78 is 5.28. The van der Waals surface area contributed by atoms with Gasteiger partial charge in [0.25, 0.3) is 0 Å². The van der Waals surface area contributed by atoms with Crippen LogP contribution < -0.4 is 21.1 Å². The number of nitrogens with one attached hydrogen (secondary N) is 2. The van der Waals surface area contributed by atoms with Crippen molar-refractivity contribution in [2.45, 2.75) is 18.9 Å². The molecule has 0 aliphatic heterocycles. The molecule has 0 aliphatic carbocycles. The summed E-state index contributed by atoms with van der Waals surface area (Å²) in [5, 5.41) is 8.17. The molecule has 6 nitrogen and oxygen atoms in total. The molecule has 0 saturated carbocycles. The van der Waals surface area contributed by atoms with E-state index in [9.17, 15) is 0 Å². The van der Waals surface area contributed by atoms with Gasteiger partial charge in [-0.3, -0.25) is 0 Å². The summed E-state index contributed by atoms with van der Waals surface area (Å²) >= 11 is 0. The second-order valence-corrected chi connectivity index (χ2v) is 7.80. The van der Waals surface area contributed by atoms with E-state index in [1.54, 1.807) is 7.11 Å². The number of anilines is 2.